The summed E-state index contributed by atoms with van der Waals surface area (Å²) in [6.07, 6.45) is 0. The zero-order chi connectivity index (χ0) is 16.2. The van der Waals surface area contributed by atoms with E-state index in [-0.39, 0.29) is 18.4 Å². The maximum absolute atomic E-state index is 5.53. The lowest BCUT2D eigenvalue weighted by atomic mass is 10.2. The van der Waals surface area contributed by atoms with Gasteiger partial charge in [0.25, 0.3) is 5.89 Å². The van der Waals surface area contributed by atoms with Gasteiger partial charge in [0, 0.05) is 25.2 Å². The smallest absolute Gasteiger partial charge is 0.258 e. The predicted octanol–water partition coefficient (Wildman–Crippen LogP) is 2.14. The number of hydrogen-bond donors (Lipinski definition) is 1. The number of methoxy groups -OCH3 is 1. The van der Waals surface area contributed by atoms with E-state index in [2.05, 4.69) is 27.4 Å². The average molecular weight is 355 g/mol. The van der Waals surface area contributed by atoms with Crippen molar-refractivity contribution in [3.8, 4) is 23.0 Å². The van der Waals surface area contributed by atoms with Crippen LogP contribution in [0, 0.1) is 0 Å². The minimum Gasteiger partial charge on any atom is -0.493 e. The number of hydrogen-bond acceptors (Lipinski definition) is 7. The van der Waals surface area contributed by atoms with Crippen LogP contribution >= 0.6 is 12.4 Å². The summed E-state index contributed by atoms with van der Waals surface area (Å²) in [5.74, 6) is 2.54. The number of likely N-dealkylation sites (N-methyl/N-ethyl adjacent to an activating group) is 1. The summed E-state index contributed by atoms with van der Waals surface area (Å²) >= 11 is 0. The van der Waals surface area contributed by atoms with Crippen molar-refractivity contribution in [1.82, 2.24) is 20.4 Å². The molecule has 1 aromatic heterocycles. The molecule has 1 unspecified atom stereocenters. The molecule has 24 heavy (non-hydrogen) atoms. The third kappa shape index (κ3) is 3.80. The summed E-state index contributed by atoms with van der Waals surface area (Å²) in [7, 11) is 3.69. The Morgan fingerprint density at radius 1 is 1.38 bits per heavy atom. The molecule has 1 aromatic carbocycles. The van der Waals surface area contributed by atoms with Gasteiger partial charge in [-0.3, -0.25) is 4.90 Å². The van der Waals surface area contributed by atoms with E-state index in [0.29, 0.717) is 29.8 Å². The summed E-state index contributed by atoms with van der Waals surface area (Å²) in [4.78, 5) is 6.78. The van der Waals surface area contributed by atoms with Crippen molar-refractivity contribution in [3.63, 3.8) is 0 Å². The Morgan fingerprint density at radius 3 is 2.92 bits per heavy atom. The van der Waals surface area contributed by atoms with Crippen molar-refractivity contribution in [3.05, 3.63) is 24.0 Å². The van der Waals surface area contributed by atoms with Gasteiger partial charge in [-0.2, -0.15) is 4.98 Å². The van der Waals surface area contributed by atoms with Crippen LogP contribution in [0.15, 0.2) is 22.7 Å². The highest BCUT2D eigenvalue weighted by molar-refractivity contribution is 5.85. The van der Waals surface area contributed by atoms with Crippen molar-refractivity contribution in [2.45, 2.75) is 13.0 Å². The van der Waals surface area contributed by atoms with Crippen LogP contribution in [0.25, 0.3) is 11.5 Å². The Labute approximate surface area is 147 Å². The molecule has 0 bridgehead atoms. The summed E-state index contributed by atoms with van der Waals surface area (Å²) in [6.45, 7) is 5.29. The van der Waals surface area contributed by atoms with Gasteiger partial charge in [-0.15, -0.1) is 12.4 Å². The Morgan fingerprint density at radius 2 is 2.21 bits per heavy atom. The lowest BCUT2D eigenvalue weighted by Gasteiger charge is -2.30. The molecule has 0 amide bonds. The molecule has 0 spiro atoms. The zero-order valence-corrected chi connectivity index (χ0v) is 14.9. The van der Waals surface area contributed by atoms with E-state index < -0.39 is 0 Å². The van der Waals surface area contributed by atoms with Crippen LogP contribution in [0.3, 0.4) is 0 Å². The standard InChI is InChI=1S/C16H22N4O3.ClH/c1-4-22-13-6-5-11(9-14(13)21-3)16-18-15(19-23-16)12-10-17-7-8-20(12)2;/h5-6,9,12,17H,4,7-8,10H2,1-3H3;1H. The van der Waals surface area contributed by atoms with Crippen molar-refractivity contribution >= 4 is 12.4 Å². The third-order valence-corrected chi connectivity index (χ3v) is 3.96. The number of rotatable bonds is 5. The quantitative estimate of drug-likeness (QED) is 0.881. The number of piperazine rings is 1. The zero-order valence-electron chi connectivity index (χ0n) is 14.1. The van der Waals surface area contributed by atoms with E-state index in [4.69, 9.17) is 14.0 Å². The van der Waals surface area contributed by atoms with Crippen molar-refractivity contribution < 1.29 is 14.0 Å². The second-order valence-electron chi connectivity index (χ2n) is 5.46. The SMILES string of the molecule is CCOc1ccc(-c2nc(C3CNCCN3C)no2)cc1OC.Cl. The monoisotopic (exact) mass is 354 g/mol. The van der Waals surface area contributed by atoms with Gasteiger partial charge in [-0.1, -0.05) is 5.16 Å². The molecule has 1 saturated heterocycles. The third-order valence-electron chi connectivity index (χ3n) is 3.96. The van der Waals surface area contributed by atoms with Crippen LogP contribution in [0.5, 0.6) is 11.5 Å². The first-order chi connectivity index (χ1) is 11.2. The number of ether oxygens (including phenoxy) is 2. The first-order valence-corrected chi connectivity index (χ1v) is 7.78. The fraction of sp³-hybridized carbons (Fsp3) is 0.500. The van der Waals surface area contributed by atoms with Crippen molar-refractivity contribution in [1.29, 1.82) is 0 Å². The molecule has 7 nitrogen and oxygen atoms in total. The molecule has 3 rings (SSSR count). The van der Waals surface area contributed by atoms with Crippen molar-refractivity contribution in [2.24, 2.45) is 0 Å². The Bertz CT molecular complexity index is 665. The fourth-order valence-corrected chi connectivity index (χ4v) is 2.66. The molecule has 1 atom stereocenters. The van der Waals surface area contributed by atoms with Gasteiger partial charge in [-0.05, 0) is 32.2 Å². The molecule has 8 heteroatoms. The second-order valence-corrected chi connectivity index (χ2v) is 5.46. The highest BCUT2D eigenvalue weighted by Crippen LogP contribution is 2.32. The normalized spacial score (nSPS) is 18.0. The number of nitrogens with zero attached hydrogens (tertiary/aromatic N) is 3. The Kier molecular flexibility index (Phi) is 6.42. The second kappa shape index (κ2) is 8.32. The Hall–Kier alpha value is -1.83. The number of halogens is 1. The average Bonchev–Trinajstić information content (AvgIpc) is 3.05. The van der Waals surface area contributed by atoms with E-state index >= 15 is 0 Å². The van der Waals surface area contributed by atoms with Gasteiger partial charge < -0.3 is 19.3 Å². The summed E-state index contributed by atoms with van der Waals surface area (Å²) in [5.41, 5.74) is 0.815. The number of nitrogens with one attached hydrogen (secondary N) is 1. The molecule has 1 N–H and O–H groups in total. The fourth-order valence-electron chi connectivity index (χ4n) is 2.66. The van der Waals surface area contributed by atoms with Gasteiger partial charge in [0.1, 0.15) is 0 Å². The van der Waals surface area contributed by atoms with Gasteiger partial charge in [0.15, 0.2) is 17.3 Å². The largest absolute Gasteiger partial charge is 0.493 e. The van der Waals surface area contributed by atoms with Crippen LogP contribution < -0.4 is 14.8 Å². The molecular weight excluding hydrogens is 332 g/mol. The molecule has 0 aliphatic carbocycles. The lowest BCUT2D eigenvalue weighted by molar-refractivity contribution is 0.190. The molecule has 2 aromatic rings. The molecule has 0 saturated carbocycles. The minimum absolute atomic E-state index is 0. The van der Waals surface area contributed by atoms with Crippen molar-refractivity contribution in [2.75, 3.05) is 40.4 Å². The molecule has 132 valence electrons. The van der Waals surface area contributed by atoms with Gasteiger partial charge in [0.05, 0.1) is 19.8 Å². The van der Waals surface area contributed by atoms with E-state index in [1.807, 2.05) is 25.1 Å². The van der Waals surface area contributed by atoms with Gasteiger partial charge in [0.2, 0.25) is 0 Å². The maximum Gasteiger partial charge on any atom is 0.258 e. The molecule has 1 aliphatic rings. The predicted molar refractivity (Wildman–Crippen MR) is 92.9 cm³/mol. The lowest BCUT2D eigenvalue weighted by Crippen LogP contribution is -2.44. The van der Waals surface area contributed by atoms with Crippen LogP contribution in [0.1, 0.15) is 18.8 Å². The van der Waals surface area contributed by atoms with Gasteiger partial charge >= 0.3 is 0 Å². The van der Waals surface area contributed by atoms with E-state index in [9.17, 15) is 0 Å². The highest BCUT2D eigenvalue weighted by atomic mass is 35.5. The Balaban J connectivity index is 0.00000208. The van der Waals surface area contributed by atoms with Gasteiger partial charge in [-0.25, -0.2) is 0 Å². The molecule has 1 fully saturated rings. The topological polar surface area (TPSA) is 72.7 Å². The molecule has 0 radical (unpaired) electrons. The highest BCUT2D eigenvalue weighted by Gasteiger charge is 2.25. The molecule has 2 heterocycles. The molecule has 1 aliphatic heterocycles. The van der Waals surface area contributed by atoms with Crippen LogP contribution in [0.2, 0.25) is 0 Å². The van der Waals surface area contributed by atoms with Crippen LogP contribution in [0.4, 0.5) is 0 Å². The first-order valence-electron chi connectivity index (χ1n) is 7.78. The summed E-state index contributed by atoms with van der Waals surface area (Å²) < 4.78 is 16.3. The van der Waals surface area contributed by atoms with E-state index in [1.165, 1.54) is 0 Å². The summed E-state index contributed by atoms with van der Waals surface area (Å²) in [6, 6.07) is 5.74. The number of benzene rings is 1. The van der Waals surface area contributed by atoms with E-state index in [0.717, 1.165) is 25.2 Å². The van der Waals surface area contributed by atoms with Crippen LogP contribution in [-0.2, 0) is 0 Å². The number of aromatic nitrogens is 2. The first kappa shape index (κ1) is 18.5. The van der Waals surface area contributed by atoms with Crippen LogP contribution in [-0.4, -0.2) is 55.4 Å². The summed E-state index contributed by atoms with van der Waals surface area (Å²) in [5, 5.41) is 7.49. The maximum atomic E-state index is 5.53. The molecular formula is C16H23ClN4O3. The van der Waals surface area contributed by atoms with E-state index in [1.54, 1.807) is 7.11 Å². The minimum atomic E-state index is 0.